The first kappa shape index (κ1) is 27.1. The number of ether oxygens (including phenoxy) is 1. The Morgan fingerprint density at radius 2 is 1.98 bits per heavy atom. The molecule has 0 aliphatic carbocycles. The standard InChI is InChI=1S/C30H38N6O3S/c1-19-3-5-26(20-4-6-27-22(13-20)17-36(40-27)24-7-10-34(2)11-8-24)35(16-19)30(38)29(37)33-23-14-25(28(31)32-15-23)21-9-12-39-18-21/h4,6,13-15,17,19,21,24,26H,3,5,7-12,16,18H2,1-2H3,(H2-,31,32,33,37,38)/p+1/t19-,21?,26+/m0/s1. The van der Waals surface area contributed by atoms with Gasteiger partial charge in [-0.3, -0.25) is 9.59 Å². The Morgan fingerprint density at radius 3 is 2.75 bits per heavy atom. The van der Waals surface area contributed by atoms with E-state index in [2.05, 4.69) is 57.5 Å². The van der Waals surface area contributed by atoms with Crippen LogP contribution in [0, 0.1) is 5.92 Å². The van der Waals surface area contributed by atoms with Crippen LogP contribution in [0.5, 0.6) is 0 Å². The minimum atomic E-state index is -0.643. The molecule has 1 aromatic carbocycles. The number of likely N-dealkylation sites (tertiary alicyclic amines) is 2. The number of hydrogen-bond acceptors (Lipinski definition) is 7. The van der Waals surface area contributed by atoms with Crippen molar-refractivity contribution in [3.8, 4) is 0 Å². The Balaban J connectivity index is 1.20. The summed E-state index contributed by atoms with van der Waals surface area (Å²) in [5, 5.41) is 4.00. The fraction of sp³-hybridized carbons (Fsp3) is 0.533. The van der Waals surface area contributed by atoms with Gasteiger partial charge in [0.05, 0.1) is 29.9 Å². The van der Waals surface area contributed by atoms with Crippen LogP contribution in [-0.4, -0.2) is 66.5 Å². The molecule has 3 aliphatic rings. The molecule has 0 bridgehead atoms. The second kappa shape index (κ2) is 11.4. The van der Waals surface area contributed by atoms with Gasteiger partial charge < -0.3 is 25.6 Å². The van der Waals surface area contributed by atoms with Crippen molar-refractivity contribution in [2.24, 2.45) is 5.92 Å². The van der Waals surface area contributed by atoms with E-state index in [1.807, 2.05) is 17.6 Å². The first-order valence-electron chi connectivity index (χ1n) is 14.4. The first-order valence-corrected chi connectivity index (χ1v) is 15.2. The van der Waals surface area contributed by atoms with Gasteiger partial charge in [-0.2, -0.15) is 0 Å². The van der Waals surface area contributed by atoms with E-state index in [1.54, 1.807) is 4.90 Å². The zero-order chi connectivity index (χ0) is 27.8. The molecule has 3 N–H and O–H groups in total. The van der Waals surface area contributed by atoms with Gasteiger partial charge in [0.25, 0.3) is 0 Å². The molecule has 1 unspecified atom stereocenters. The Kier molecular flexibility index (Phi) is 7.74. The zero-order valence-corrected chi connectivity index (χ0v) is 24.2. The van der Waals surface area contributed by atoms with Gasteiger partial charge in [-0.05, 0) is 56.0 Å². The number of pyridine rings is 1. The van der Waals surface area contributed by atoms with Crippen LogP contribution in [0.2, 0.25) is 0 Å². The number of aromatic nitrogens is 2. The number of fused-ring (bicyclic) bond motifs is 1. The van der Waals surface area contributed by atoms with Crippen LogP contribution in [0.15, 0.2) is 36.7 Å². The number of nitrogens with one attached hydrogen (secondary N) is 1. The van der Waals surface area contributed by atoms with Crippen LogP contribution in [0.4, 0.5) is 11.5 Å². The molecule has 6 rings (SSSR count). The molecular formula is C30H39N6O3S+. The van der Waals surface area contributed by atoms with Crippen molar-refractivity contribution in [2.75, 3.05) is 50.9 Å². The summed E-state index contributed by atoms with van der Waals surface area (Å²) in [5.41, 5.74) is 8.53. The van der Waals surface area contributed by atoms with E-state index in [0.29, 0.717) is 43.2 Å². The van der Waals surface area contributed by atoms with E-state index in [-0.39, 0.29) is 12.0 Å². The number of nitrogens with two attached hydrogens (primary N) is 1. The molecule has 212 valence electrons. The van der Waals surface area contributed by atoms with Crippen molar-refractivity contribution in [1.29, 1.82) is 0 Å². The summed E-state index contributed by atoms with van der Waals surface area (Å²) < 4.78 is 9.16. The average molecular weight is 564 g/mol. The van der Waals surface area contributed by atoms with Crippen LogP contribution >= 0.6 is 11.5 Å². The quantitative estimate of drug-likeness (QED) is 0.369. The average Bonchev–Trinajstić information content (AvgIpc) is 3.64. The number of amides is 2. The number of piperidine rings is 2. The predicted octanol–water partition coefficient (Wildman–Crippen LogP) is 3.87. The SMILES string of the molecule is C[C@H]1CC[C@H](c2ccc3s[n+](C4CCN(C)CC4)cc3c2)N(C(=O)C(=O)Nc2cnc(N)c(C3CCOC3)c2)C1. The summed E-state index contributed by atoms with van der Waals surface area (Å²) in [6.07, 6.45) is 8.83. The van der Waals surface area contributed by atoms with Gasteiger partial charge in [0, 0.05) is 50.6 Å². The molecule has 2 amide bonds. The third-order valence-electron chi connectivity index (χ3n) is 8.79. The van der Waals surface area contributed by atoms with Crippen molar-refractivity contribution in [1.82, 2.24) is 14.8 Å². The molecule has 9 nitrogen and oxygen atoms in total. The molecule has 0 saturated carbocycles. The molecular weight excluding hydrogens is 524 g/mol. The van der Waals surface area contributed by atoms with E-state index in [9.17, 15) is 9.59 Å². The lowest BCUT2D eigenvalue weighted by molar-refractivity contribution is -0.660. The van der Waals surface area contributed by atoms with Crippen molar-refractivity contribution in [2.45, 2.75) is 57.0 Å². The molecule has 2 aromatic heterocycles. The maximum atomic E-state index is 13.6. The van der Waals surface area contributed by atoms with E-state index in [4.69, 9.17) is 10.5 Å². The molecule has 3 aliphatic heterocycles. The number of nitrogens with zero attached hydrogens (tertiary/aromatic N) is 4. The van der Waals surface area contributed by atoms with Crippen molar-refractivity contribution in [3.05, 3.63) is 47.8 Å². The van der Waals surface area contributed by atoms with Crippen LogP contribution < -0.4 is 15.0 Å². The van der Waals surface area contributed by atoms with Gasteiger partial charge in [-0.25, -0.2) is 4.98 Å². The van der Waals surface area contributed by atoms with E-state index >= 15 is 0 Å². The summed E-state index contributed by atoms with van der Waals surface area (Å²) in [7, 11) is 2.19. The second-order valence-electron chi connectivity index (χ2n) is 11.8. The van der Waals surface area contributed by atoms with Gasteiger partial charge in [0.15, 0.2) is 12.2 Å². The topological polar surface area (TPSA) is 105 Å². The van der Waals surface area contributed by atoms with Crippen LogP contribution in [0.3, 0.4) is 0 Å². The minimum absolute atomic E-state index is 0.133. The molecule has 0 radical (unpaired) electrons. The number of rotatable bonds is 4. The minimum Gasteiger partial charge on any atom is -0.383 e. The number of carbonyl (C=O) groups excluding carboxylic acids is 2. The van der Waals surface area contributed by atoms with Crippen LogP contribution in [-0.2, 0) is 14.3 Å². The largest absolute Gasteiger partial charge is 0.383 e. The predicted molar refractivity (Wildman–Crippen MR) is 156 cm³/mol. The van der Waals surface area contributed by atoms with Gasteiger partial charge in [0.1, 0.15) is 22.1 Å². The number of anilines is 2. The van der Waals surface area contributed by atoms with Crippen LogP contribution in [0.1, 0.15) is 68.2 Å². The lowest BCUT2D eigenvalue weighted by atomic mass is 9.89. The summed E-state index contributed by atoms with van der Waals surface area (Å²) in [6, 6.07) is 8.76. The van der Waals surface area contributed by atoms with Gasteiger partial charge in [-0.15, -0.1) is 3.96 Å². The van der Waals surface area contributed by atoms with Gasteiger partial charge in [0.2, 0.25) is 0 Å². The molecule has 0 spiro atoms. The molecule has 3 atom stereocenters. The summed E-state index contributed by atoms with van der Waals surface area (Å²) in [4.78, 5) is 35.2. The van der Waals surface area contributed by atoms with E-state index < -0.39 is 11.8 Å². The molecule has 40 heavy (non-hydrogen) atoms. The van der Waals surface area contributed by atoms with E-state index in [1.165, 1.54) is 16.3 Å². The number of carbonyl (C=O) groups is 2. The highest BCUT2D eigenvalue weighted by atomic mass is 32.1. The monoisotopic (exact) mass is 563 g/mol. The molecule has 3 fully saturated rings. The zero-order valence-electron chi connectivity index (χ0n) is 23.3. The highest BCUT2D eigenvalue weighted by molar-refractivity contribution is 7.09. The summed E-state index contributed by atoms with van der Waals surface area (Å²) in [5.74, 6) is -0.234. The summed E-state index contributed by atoms with van der Waals surface area (Å²) >= 11 is 1.82. The number of hydrogen-bond donors (Lipinski definition) is 2. The summed E-state index contributed by atoms with van der Waals surface area (Å²) in [6.45, 7) is 6.21. The Labute approximate surface area is 239 Å². The second-order valence-corrected chi connectivity index (χ2v) is 12.8. The molecule has 3 saturated heterocycles. The van der Waals surface area contributed by atoms with Gasteiger partial charge >= 0.3 is 11.8 Å². The highest BCUT2D eigenvalue weighted by Gasteiger charge is 2.35. The Bertz CT molecular complexity index is 1400. The highest BCUT2D eigenvalue weighted by Crippen LogP contribution is 2.36. The lowest BCUT2D eigenvalue weighted by Crippen LogP contribution is -2.46. The lowest BCUT2D eigenvalue weighted by Gasteiger charge is -2.38. The number of benzene rings is 1. The van der Waals surface area contributed by atoms with Crippen molar-refractivity contribution in [3.63, 3.8) is 0 Å². The van der Waals surface area contributed by atoms with Crippen LogP contribution in [0.25, 0.3) is 10.1 Å². The fourth-order valence-corrected chi connectivity index (χ4v) is 7.47. The maximum absolute atomic E-state index is 13.6. The smallest absolute Gasteiger partial charge is 0.313 e. The first-order chi connectivity index (χ1) is 19.4. The maximum Gasteiger partial charge on any atom is 0.313 e. The molecule has 3 aromatic rings. The third-order valence-corrected chi connectivity index (χ3v) is 9.97. The van der Waals surface area contributed by atoms with E-state index in [0.717, 1.165) is 56.3 Å². The normalized spacial score (nSPS) is 24.4. The fourth-order valence-electron chi connectivity index (χ4n) is 6.37. The van der Waals surface area contributed by atoms with Crippen molar-refractivity contribution >= 4 is 44.9 Å². The Hall–Kier alpha value is -3.08. The van der Waals surface area contributed by atoms with Crippen molar-refractivity contribution < 1.29 is 18.3 Å². The Morgan fingerprint density at radius 1 is 1.15 bits per heavy atom. The molecule has 10 heteroatoms. The third kappa shape index (κ3) is 5.57. The number of nitrogen functional groups attached to an aromatic ring is 1. The molecule has 5 heterocycles. The van der Waals surface area contributed by atoms with Gasteiger partial charge in [-0.1, -0.05) is 13.0 Å².